The van der Waals surface area contributed by atoms with E-state index in [9.17, 15) is 14.9 Å². The molecule has 0 saturated carbocycles. The third kappa shape index (κ3) is 4.05. The number of nitro groups is 1. The largest absolute Gasteiger partial charge is 0.421 e. The van der Waals surface area contributed by atoms with E-state index in [0.717, 1.165) is 11.8 Å². The second kappa shape index (κ2) is 6.91. The fourth-order valence-electron chi connectivity index (χ4n) is 2.12. The minimum atomic E-state index is -0.532. The SMILES string of the molecule is Cc1nnc(-c2ccc(NC(=O)CCn3cc([N+](=O)[O-])cn3)cc2)o1. The minimum absolute atomic E-state index is 0.104. The number of carbonyl (C=O) groups is 1. The molecule has 0 spiro atoms. The lowest BCUT2D eigenvalue weighted by molar-refractivity contribution is -0.385. The first-order valence-electron chi connectivity index (χ1n) is 7.38. The quantitative estimate of drug-likeness (QED) is 0.537. The van der Waals surface area contributed by atoms with Crippen LogP contribution in [0, 0.1) is 17.0 Å². The fraction of sp³-hybridized carbons (Fsp3) is 0.200. The van der Waals surface area contributed by atoms with Crippen molar-refractivity contribution >= 4 is 17.3 Å². The van der Waals surface area contributed by atoms with Crippen LogP contribution in [0.4, 0.5) is 11.4 Å². The van der Waals surface area contributed by atoms with Crippen LogP contribution in [0.25, 0.3) is 11.5 Å². The van der Waals surface area contributed by atoms with Gasteiger partial charge in [0, 0.05) is 31.1 Å². The highest BCUT2D eigenvalue weighted by molar-refractivity contribution is 5.90. The Bertz CT molecular complexity index is 899. The number of aromatic nitrogens is 4. The standard InChI is InChI=1S/C15H14N6O4/c1-10-18-19-15(25-10)11-2-4-12(5-3-11)17-14(22)6-7-20-9-13(8-16-20)21(23)24/h2-5,8-9H,6-7H2,1H3,(H,17,22). The van der Waals surface area contributed by atoms with Crippen LogP contribution in [0.1, 0.15) is 12.3 Å². The smallest absolute Gasteiger partial charge is 0.306 e. The molecule has 1 N–H and O–H groups in total. The fourth-order valence-corrected chi connectivity index (χ4v) is 2.12. The summed E-state index contributed by atoms with van der Waals surface area (Å²) in [6, 6.07) is 6.98. The number of aryl methyl sites for hydroxylation is 2. The first-order valence-corrected chi connectivity index (χ1v) is 7.38. The van der Waals surface area contributed by atoms with Crippen molar-refractivity contribution in [2.45, 2.75) is 19.9 Å². The number of nitrogens with one attached hydrogen (secondary N) is 1. The first-order chi connectivity index (χ1) is 12.0. The lowest BCUT2D eigenvalue weighted by atomic mass is 10.2. The number of anilines is 1. The molecule has 0 bridgehead atoms. The Labute approximate surface area is 141 Å². The predicted octanol–water partition coefficient (Wildman–Crippen LogP) is 2.18. The van der Waals surface area contributed by atoms with E-state index in [1.54, 1.807) is 31.2 Å². The van der Waals surface area contributed by atoms with Crippen LogP contribution in [-0.4, -0.2) is 30.8 Å². The van der Waals surface area contributed by atoms with Crippen LogP contribution in [0.15, 0.2) is 41.1 Å². The van der Waals surface area contributed by atoms with E-state index >= 15 is 0 Å². The second-order valence-corrected chi connectivity index (χ2v) is 5.22. The van der Waals surface area contributed by atoms with Gasteiger partial charge in [0.1, 0.15) is 12.4 Å². The number of benzene rings is 1. The summed E-state index contributed by atoms with van der Waals surface area (Å²) in [5.74, 6) is 0.668. The van der Waals surface area contributed by atoms with Gasteiger partial charge in [0.2, 0.25) is 17.7 Å². The van der Waals surface area contributed by atoms with Crippen molar-refractivity contribution < 1.29 is 14.1 Å². The normalized spacial score (nSPS) is 10.6. The van der Waals surface area contributed by atoms with Crippen molar-refractivity contribution in [1.29, 1.82) is 0 Å². The van der Waals surface area contributed by atoms with E-state index in [2.05, 4.69) is 20.6 Å². The summed E-state index contributed by atoms with van der Waals surface area (Å²) in [5, 5.41) is 24.8. The van der Waals surface area contributed by atoms with E-state index in [0.29, 0.717) is 17.5 Å². The van der Waals surface area contributed by atoms with Gasteiger partial charge in [-0.05, 0) is 24.3 Å². The van der Waals surface area contributed by atoms with Crippen molar-refractivity contribution in [2.75, 3.05) is 5.32 Å². The van der Waals surface area contributed by atoms with Gasteiger partial charge >= 0.3 is 5.69 Å². The van der Waals surface area contributed by atoms with Crippen molar-refractivity contribution in [3.8, 4) is 11.5 Å². The molecular formula is C15H14N6O4. The topological polar surface area (TPSA) is 129 Å². The molecule has 2 heterocycles. The van der Waals surface area contributed by atoms with Gasteiger partial charge in [-0.25, -0.2) is 0 Å². The molecular weight excluding hydrogens is 328 g/mol. The Kier molecular flexibility index (Phi) is 4.50. The summed E-state index contributed by atoms with van der Waals surface area (Å²) in [5.41, 5.74) is 1.27. The third-order valence-electron chi connectivity index (χ3n) is 3.34. The minimum Gasteiger partial charge on any atom is -0.421 e. The monoisotopic (exact) mass is 342 g/mol. The average Bonchev–Trinajstić information content (AvgIpc) is 3.23. The van der Waals surface area contributed by atoms with E-state index in [-0.39, 0.29) is 24.6 Å². The molecule has 2 aromatic heterocycles. The van der Waals surface area contributed by atoms with E-state index in [1.165, 1.54) is 10.9 Å². The van der Waals surface area contributed by atoms with Gasteiger partial charge < -0.3 is 9.73 Å². The molecule has 1 amide bonds. The number of hydrogen-bond donors (Lipinski definition) is 1. The molecule has 25 heavy (non-hydrogen) atoms. The predicted molar refractivity (Wildman–Crippen MR) is 86.6 cm³/mol. The second-order valence-electron chi connectivity index (χ2n) is 5.22. The van der Waals surface area contributed by atoms with Crippen LogP contribution in [0.3, 0.4) is 0 Å². The summed E-state index contributed by atoms with van der Waals surface area (Å²) in [6.45, 7) is 1.96. The lowest BCUT2D eigenvalue weighted by Crippen LogP contribution is -2.14. The Morgan fingerprint density at radius 3 is 2.68 bits per heavy atom. The van der Waals surface area contributed by atoms with Crippen LogP contribution >= 0.6 is 0 Å². The molecule has 10 heteroatoms. The molecule has 0 aliphatic carbocycles. The maximum atomic E-state index is 12.0. The number of hydrogen-bond acceptors (Lipinski definition) is 7. The molecule has 0 aliphatic heterocycles. The molecule has 0 radical (unpaired) electrons. The van der Waals surface area contributed by atoms with Gasteiger partial charge in [-0.15, -0.1) is 10.2 Å². The van der Waals surface area contributed by atoms with Gasteiger partial charge in [-0.1, -0.05) is 0 Å². The van der Waals surface area contributed by atoms with Gasteiger partial charge in [0.15, 0.2) is 0 Å². The van der Waals surface area contributed by atoms with Crippen molar-refractivity contribution in [3.05, 3.63) is 52.7 Å². The molecule has 3 aromatic rings. The number of nitrogens with zero attached hydrogens (tertiary/aromatic N) is 5. The van der Waals surface area contributed by atoms with Crippen LogP contribution in [0.2, 0.25) is 0 Å². The zero-order valence-electron chi connectivity index (χ0n) is 13.2. The Morgan fingerprint density at radius 1 is 1.32 bits per heavy atom. The number of carbonyl (C=O) groups excluding carboxylic acids is 1. The van der Waals surface area contributed by atoms with Crippen molar-refractivity contribution in [1.82, 2.24) is 20.0 Å². The molecule has 10 nitrogen and oxygen atoms in total. The Morgan fingerprint density at radius 2 is 2.08 bits per heavy atom. The highest BCUT2D eigenvalue weighted by Gasteiger charge is 2.10. The molecule has 1 aromatic carbocycles. The number of rotatable bonds is 6. The molecule has 0 fully saturated rings. The summed E-state index contributed by atoms with van der Waals surface area (Å²) < 4.78 is 6.69. The molecule has 0 atom stereocenters. The van der Waals surface area contributed by atoms with Crippen LogP contribution in [-0.2, 0) is 11.3 Å². The molecule has 0 unspecified atom stereocenters. The molecule has 128 valence electrons. The van der Waals surface area contributed by atoms with E-state index in [1.807, 2.05) is 0 Å². The summed E-state index contributed by atoms with van der Waals surface area (Å²) in [7, 11) is 0. The summed E-state index contributed by atoms with van der Waals surface area (Å²) in [6.07, 6.45) is 2.58. The van der Waals surface area contributed by atoms with Gasteiger partial charge in [-0.2, -0.15) is 5.10 Å². The summed E-state index contributed by atoms with van der Waals surface area (Å²) in [4.78, 5) is 22.0. The molecule has 3 rings (SSSR count). The first kappa shape index (κ1) is 16.3. The Balaban J connectivity index is 1.54. The van der Waals surface area contributed by atoms with Gasteiger partial charge in [0.05, 0.1) is 4.92 Å². The number of amides is 1. The van der Waals surface area contributed by atoms with E-state index in [4.69, 9.17) is 4.42 Å². The third-order valence-corrected chi connectivity index (χ3v) is 3.34. The van der Waals surface area contributed by atoms with Crippen LogP contribution in [0.5, 0.6) is 0 Å². The van der Waals surface area contributed by atoms with Crippen molar-refractivity contribution in [3.63, 3.8) is 0 Å². The zero-order valence-corrected chi connectivity index (χ0v) is 13.2. The zero-order chi connectivity index (χ0) is 17.8. The maximum Gasteiger partial charge on any atom is 0.306 e. The lowest BCUT2D eigenvalue weighted by Gasteiger charge is -2.05. The molecule has 0 saturated heterocycles. The highest BCUT2D eigenvalue weighted by Crippen LogP contribution is 2.20. The summed E-state index contributed by atoms with van der Waals surface area (Å²) >= 11 is 0. The van der Waals surface area contributed by atoms with Crippen molar-refractivity contribution in [2.24, 2.45) is 0 Å². The Hall–Kier alpha value is -3.56. The van der Waals surface area contributed by atoms with E-state index < -0.39 is 4.92 Å². The maximum absolute atomic E-state index is 12.0. The van der Waals surface area contributed by atoms with Crippen LogP contribution < -0.4 is 5.32 Å². The highest BCUT2D eigenvalue weighted by atomic mass is 16.6. The average molecular weight is 342 g/mol. The van der Waals surface area contributed by atoms with Gasteiger partial charge in [-0.3, -0.25) is 19.6 Å². The molecule has 0 aliphatic rings. The van der Waals surface area contributed by atoms with Gasteiger partial charge in [0.25, 0.3) is 0 Å².